The summed E-state index contributed by atoms with van der Waals surface area (Å²) < 4.78 is 13.1. The third kappa shape index (κ3) is 4.41. The third-order valence-corrected chi connectivity index (χ3v) is 7.77. The molecule has 1 saturated heterocycles. The van der Waals surface area contributed by atoms with Gasteiger partial charge in [0, 0.05) is 0 Å². The monoisotopic (exact) mass is 396 g/mol. The second-order valence-electron chi connectivity index (χ2n) is 7.52. The van der Waals surface area contributed by atoms with Crippen LogP contribution in [-0.4, -0.2) is 33.3 Å². The van der Waals surface area contributed by atoms with E-state index in [1.165, 1.54) is 17.3 Å². The molecule has 2 aliphatic rings. The Morgan fingerprint density at radius 3 is 2.62 bits per heavy atom. The van der Waals surface area contributed by atoms with Crippen molar-refractivity contribution in [2.24, 2.45) is 17.8 Å². The minimum atomic E-state index is -0.343. The summed E-state index contributed by atoms with van der Waals surface area (Å²) in [5, 5.41) is 0. The van der Waals surface area contributed by atoms with Crippen molar-refractivity contribution in [1.82, 2.24) is 0 Å². The second-order valence-corrected chi connectivity index (χ2v) is 10.2. The van der Waals surface area contributed by atoms with Crippen molar-refractivity contribution in [3.8, 4) is 0 Å². The summed E-state index contributed by atoms with van der Waals surface area (Å²) in [5.41, 5.74) is 0. The van der Waals surface area contributed by atoms with Gasteiger partial charge in [-0.15, -0.1) is 0 Å². The predicted octanol–water partition coefficient (Wildman–Crippen LogP) is 3.56. The van der Waals surface area contributed by atoms with Gasteiger partial charge in [0.15, 0.2) is 0 Å². The Kier molecular flexibility index (Phi) is 6.02. The fraction of sp³-hybridized carbons (Fsp3) is 0.650. The van der Waals surface area contributed by atoms with Crippen molar-refractivity contribution in [3.05, 3.63) is 30.3 Å². The number of benzene rings is 1. The number of hydrogen-bond acceptors (Lipinski definition) is 3. The molecule has 0 radical (unpaired) electrons. The normalized spacial score (nSPS) is 33.7. The molecule has 0 spiro atoms. The van der Waals surface area contributed by atoms with Gasteiger partial charge >= 0.3 is 151 Å². The Morgan fingerprint density at radius 2 is 1.92 bits per heavy atom. The van der Waals surface area contributed by atoms with Gasteiger partial charge in [0.1, 0.15) is 0 Å². The molecule has 1 aliphatic carbocycles. The van der Waals surface area contributed by atoms with Crippen LogP contribution in [0.15, 0.2) is 30.3 Å². The predicted molar refractivity (Wildman–Crippen MR) is 96.3 cm³/mol. The standard InChI is InChI=1S/C20H28O3Se/c1-13(2)16-10-9-14(3)11-17(16)22-19-12-18(20(21)23-19)24-15-7-5-4-6-8-15/h4-8,13-14,16-19H,9-12H2,1-3H3/t14-,16+,17-,18-,19-/m1/s1. The van der Waals surface area contributed by atoms with Gasteiger partial charge < -0.3 is 0 Å². The number of rotatable bonds is 5. The molecule has 3 rings (SSSR count). The van der Waals surface area contributed by atoms with Crippen molar-refractivity contribution >= 4 is 25.4 Å². The van der Waals surface area contributed by atoms with E-state index in [-0.39, 0.29) is 38.1 Å². The molecule has 2 fully saturated rings. The Morgan fingerprint density at radius 1 is 1.17 bits per heavy atom. The molecule has 4 heteroatoms. The Bertz CT molecular complexity index is 545. The molecule has 0 unspecified atom stereocenters. The van der Waals surface area contributed by atoms with Crippen LogP contribution in [0.4, 0.5) is 0 Å². The number of hydrogen-bond donors (Lipinski definition) is 0. The Balaban J connectivity index is 1.58. The fourth-order valence-corrected chi connectivity index (χ4v) is 6.03. The zero-order valence-corrected chi connectivity index (χ0v) is 16.5. The van der Waals surface area contributed by atoms with Crippen LogP contribution < -0.4 is 4.46 Å². The first-order chi connectivity index (χ1) is 11.5. The van der Waals surface area contributed by atoms with Crippen LogP contribution in [0.5, 0.6) is 0 Å². The number of ether oxygens (including phenoxy) is 2. The van der Waals surface area contributed by atoms with Gasteiger partial charge in [-0.3, -0.25) is 0 Å². The van der Waals surface area contributed by atoms with Crippen molar-refractivity contribution < 1.29 is 14.3 Å². The average molecular weight is 395 g/mol. The Hall–Kier alpha value is -0.831. The van der Waals surface area contributed by atoms with Crippen LogP contribution in [-0.2, 0) is 14.3 Å². The molecule has 0 amide bonds. The van der Waals surface area contributed by atoms with Crippen LogP contribution in [0, 0.1) is 17.8 Å². The molecule has 1 aromatic carbocycles. The topological polar surface area (TPSA) is 35.5 Å². The van der Waals surface area contributed by atoms with E-state index in [9.17, 15) is 4.79 Å². The maximum absolute atomic E-state index is 12.2. The molecule has 0 bridgehead atoms. The van der Waals surface area contributed by atoms with Crippen molar-refractivity contribution in [2.75, 3.05) is 0 Å². The first-order valence-electron chi connectivity index (χ1n) is 9.10. The van der Waals surface area contributed by atoms with Crippen molar-refractivity contribution in [2.45, 2.75) is 63.7 Å². The van der Waals surface area contributed by atoms with Gasteiger partial charge in [0.05, 0.1) is 0 Å². The zero-order chi connectivity index (χ0) is 17.1. The number of cyclic esters (lactones) is 1. The van der Waals surface area contributed by atoms with Crippen LogP contribution in [0.1, 0.15) is 46.5 Å². The van der Waals surface area contributed by atoms with Crippen molar-refractivity contribution in [3.63, 3.8) is 0 Å². The van der Waals surface area contributed by atoms with E-state index >= 15 is 0 Å². The first kappa shape index (κ1) is 18.0. The van der Waals surface area contributed by atoms with E-state index in [0.29, 0.717) is 24.2 Å². The molecule has 0 N–H and O–H groups in total. The van der Waals surface area contributed by atoms with E-state index < -0.39 is 0 Å². The van der Waals surface area contributed by atoms with Gasteiger partial charge in [-0.05, 0) is 0 Å². The SMILES string of the molecule is CC(C)[C@@H]1CC[C@@H](C)C[C@H]1O[C@H]1C[C@@H]([Se]c2ccccc2)C(=O)O1. The average Bonchev–Trinajstić information content (AvgIpc) is 2.87. The molecule has 132 valence electrons. The maximum atomic E-state index is 12.2. The molecule has 1 heterocycles. The summed E-state index contributed by atoms with van der Waals surface area (Å²) in [6.45, 7) is 6.85. The number of carbonyl (C=O) groups is 1. The van der Waals surface area contributed by atoms with E-state index in [4.69, 9.17) is 9.47 Å². The number of carbonyl (C=O) groups excluding carboxylic acids is 1. The summed E-state index contributed by atoms with van der Waals surface area (Å²) in [6, 6.07) is 10.3. The molecule has 0 aromatic heterocycles. The van der Waals surface area contributed by atoms with Gasteiger partial charge in [-0.1, -0.05) is 0 Å². The van der Waals surface area contributed by atoms with Crippen LogP contribution in [0.3, 0.4) is 0 Å². The fourth-order valence-electron chi connectivity index (χ4n) is 3.83. The van der Waals surface area contributed by atoms with E-state index in [2.05, 4.69) is 32.9 Å². The third-order valence-electron chi connectivity index (χ3n) is 5.23. The summed E-state index contributed by atoms with van der Waals surface area (Å²) in [4.78, 5) is 12.2. The van der Waals surface area contributed by atoms with E-state index in [0.717, 1.165) is 6.42 Å². The van der Waals surface area contributed by atoms with Crippen LogP contribution in [0.2, 0.25) is 4.82 Å². The van der Waals surface area contributed by atoms with Gasteiger partial charge in [0.2, 0.25) is 0 Å². The van der Waals surface area contributed by atoms with Gasteiger partial charge in [-0.2, -0.15) is 0 Å². The molecule has 5 atom stereocenters. The molecule has 1 aromatic rings. The van der Waals surface area contributed by atoms with Gasteiger partial charge in [-0.25, -0.2) is 0 Å². The van der Waals surface area contributed by atoms with Crippen LogP contribution >= 0.6 is 0 Å². The summed E-state index contributed by atoms with van der Waals surface area (Å²) >= 11 is 0.119. The molecular formula is C20H28O3Se. The van der Waals surface area contributed by atoms with E-state index in [1.807, 2.05) is 18.2 Å². The summed E-state index contributed by atoms with van der Waals surface area (Å²) in [7, 11) is 0. The molecule has 3 nitrogen and oxygen atoms in total. The zero-order valence-electron chi connectivity index (χ0n) is 14.8. The summed E-state index contributed by atoms with van der Waals surface area (Å²) in [5.74, 6) is 1.82. The molecule has 1 saturated carbocycles. The molecule has 24 heavy (non-hydrogen) atoms. The second kappa shape index (κ2) is 8.03. The minimum absolute atomic E-state index is 0.0107. The quantitative estimate of drug-likeness (QED) is 0.565. The summed E-state index contributed by atoms with van der Waals surface area (Å²) in [6.07, 6.45) is 4.20. The first-order valence-corrected chi connectivity index (χ1v) is 10.9. The van der Waals surface area contributed by atoms with Crippen molar-refractivity contribution in [1.29, 1.82) is 0 Å². The Labute approximate surface area is 151 Å². The van der Waals surface area contributed by atoms with Crippen LogP contribution in [0.25, 0.3) is 0 Å². The van der Waals surface area contributed by atoms with E-state index in [1.54, 1.807) is 0 Å². The molecular weight excluding hydrogens is 367 g/mol. The number of esters is 1. The molecule has 1 aliphatic heterocycles. The van der Waals surface area contributed by atoms with Gasteiger partial charge in [0.25, 0.3) is 0 Å².